The Morgan fingerprint density at radius 3 is 2.69 bits per heavy atom. The van der Waals surface area contributed by atoms with E-state index in [-0.39, 0.29) is 5.78 Å². The molecule has 5 rings (SSSR count). The summed E-state index contributed by atoms with van der Waals surface area (Å²) in [6, 6.07) is 12.9. The summed E-state index contributed by atoms with van der Waals surface area (Å²) >= 11 is 0. The number of fused-ring (bicyclic) bond motifs is 2. The van der Waals surface area contributed by atoms with E-state index in [1.165, 1.54) is 0 Å². The van der Waals surface area contributed by atoms with Gasteiger partial charge in [0.2, 0.25) is 0 Å². The van der Waals surface area contributed by atoms with E-state index in [1.54, 1.807) is 33.8 Å². The molecule has 3 N–H and O–H groups in total. The second kappa shape index (κ2) is 7.35. The highest BCUT2D eigenvalue weighted by atomic mass is 16.1. The molecule has 32 heavy (non-hydrogen) atoms. The van der Waals surface area contributed by atoms with E-state index in [2.05, 4.69) is 26.2 Å². The fourth-order valence-electron chi connectivity index (χ4n) is 4.13. The van der Waals surface area contributed by atoms with Gasteiger partial charge in [-0.05, 0) is 31.5 Å². The number of nitrogens with one attached hydrogen (secondary N) is 1. The number of anilines is 1. The Morgan fingerprint density at radius 2 is 1.94 bits per heavy atom. The Balaban J connectivity index is 1.71. The molecule has 0 fully saturated rings. The number of H-pyrrole nitrogens is 1. The summed E-state index contributed by atoms with van der Waals surface area (Å²) in [6.07, 6.45) is 2.80. The lowest BCUT2D eigenvalue weighted by Gasteiger charge is -2.02. The number of hydrogen-bond acceptors (Lipinski definition) is 6. The van der Waals surface area contributed by atoms with Crippen molar-refractivity contribution >= 4 is 22.6 Å². The van der Waals surface area contributed by atoms with Crippen molar-refractivity contribution < 1.29 is 4.79 Å². The van der Waals surface area contributed by atoms with Crippen LogP contribution in [0.4, 0.5) is 5.82 Å². The first-order valence-corrected chi connectivity index (χ1v) is 10.1. The first-order valence-electron chi connectivity index (χ1n) is 10.1. The van der Waals surface area contributed by atoms with Gasteiger partial charge in [0.15, 0.2) is 11.6 Å². The number of carbonyl (C=O) groups is 1. The number of carbonyl (C=O) groups excluding carboxylic acids is 1. The zero-order valence-electron chi connectivity index (χ0n) is 17.6. The van der Waals surface area contributed by atoms with Crippen LogP contribution in [0.3, 0.4) is 0 Å². The molecule has 4 aromatic rings. The Bertz CT molecular complexity index is 1480. The summed E-state index contributed by atoms with van der Waals surface area (Å²) in [7, 11) is 1.83. The van der Waals surface area contributed by atoms with Crippen LogP contribution in [-0.4, -0.2) is 35.3 Å². The molecular formula is C23H20N8O. The number of aromatic amines is 1. The largest absolute Gasteiger partial charge is 0.385 e. The van der Waals surface area contributed by atoms with Gasteiger partial charge < -0.3 is 10.7 Å². The number of aromatic nitrogens is 6. The third kappa shape index (κ3) is 3.09. The molecule has 0 saturated carbocycles. The SMILES string of the molecule is Cc1nn(-c2cc(N)[nH]c3c(ccn2)c(-c2ccc(C#N)cc2)nn3C)c2c1C(=O)CC2. The number of ketones is 1. The predicted molar refractivity (Wildman–Crippen MR) is 120 cm³/mol. The predicted octanol–water partition coefficient (Wildman–Crippen LogP) is 3.16. The number of benzene rings is 1. The number of nitrogens with two attached hydrogens (primary N) is 1. The third-order valence-corrected chi connectivity index (χ3v) is 5.61. The number of aryl methyl sites for hydroxylation is 2. The highest BCUT2D eigenvalue weighted by Gasteiger charge is 2.28. The summed E-state index contributed by atoms with van der Waals surface area (Å²) in [5.74, 6) is 1.00. The van der Waals surface area contributed by atoms with Crippen molar-refractivity contribution in [3.63, 3.8) is 0 Å². The van der Waals surface area contributed by atoms with Crippen molar-refractivity contribution in [3.8, 4) is 23.1 Å². The fourth-order valence-corrected chi connectivity index (χ4v) is 4.13. The monoisotopic (exact) mass is 424 g/mol. The van der Waals surface area contributed by atoms with Crippen LogP contribution in [-0.2, 0) is 13.5 Å². The molecule has 0 amide bonds. The Kier molecular flexibility index (Phi) is 4.48. The molecule has 0 aliphatic heterocycles. The van der Waals surface area contributed by atoms with Crippen molar-refractivity contribution in [2.24, 2.45) is 7.05 Å². The zero-order chi connectivity index (χ0) is 22.4. The van der Waals surface area contributed by atoms with Crippen molar-refractivity contribution in [1.29, 1.82) is 5.26 Å². The van der Waals surface area contributed by atoms with E-state index in [9.17, 15) is 4.79 Å². The summed E-state index contributed by atoms with van der Waals surface area (Å²) in [5.41, 5.74) is 11.5. The number of nitriles is 1. The van der Waals surface area contributed by atoms with Crippen LogP contribution in [0.1, 0.15) is 33.7 Å². The minimum atomic E-state index is 0.114. The number of hydrogen-bond donors (Lipinski definition) is 2. The first-order chi connectivity index (χ1) is 15.5. The molecule has 0 unspecified atom stereocenters. The van der Waals surface area contributed by atoms with Crippen molar-refractivity contribution in [1.82, 2.24) is 29.5 Å². The summed E-state index contributed by atoms with van der Waals surface area (Å²) in [5, 5.41) is 19.1. The highest BCUT2D eigenvalue weighted by Crippen LogP contribution is 2.28. The molecule has 0 radical (unpaired) electrons. The molecule has 1 aromatic carbocycles. The van der Waals surface area contributed by atoms with Crippen LogP contribution in [0.5, 0.6) is 0 Å². The van der Waals surface area contributed by atoms with E-state index in [1.807, 2.05) is 32.2 Å². The van der Waals surface area contributed by atoms with Gasteiger partial charge in [-0.15, -0.1) is 0 Å². The van der Waals surface area contributed by atoms with Crippen LogP contribution >= 0.6 is 0 Å². The maximum atomic E-state index is 12.2. The quantitative estimate of drug-likeness (QED) is 0.508. The van der Waals surface area contributed by atoms with Gasteiger partial charge in [-0.3, -0.25) is 9.48 Å². The number of Topliss-reactive ketones (excluding diaryl/α,β-unsaturated/α-hetero) is 1. The Hall–Kier alpha value is -4.45. The molecule has 1 aliphatic rings. The Morgan fingerprint density at radius 1 is 1.16 bits per heavy atom. The lowest BCUT2D eigenvalue weighted by molar-refractivity contribution is 0.0994. The van der Waals surface area contributed by atoms with Crippen LogP contribution in [0.2, 0.25) is 0 Å². The smallest absolute Gasteiger partial charge is 0.166 e. The lowest BCUT2D eigenvalue weighted by Crippen LogP contribution is -2.03. The summed E-state index contributed by atoms with van der Waals surface area (Å²) in [6.45, 7) is 1.83. The standard InChI is InChI=1S/C23H20N8O/c1-13-21-17(7-8-18(21)32)31(28-13)20-11-19(25)27-23-16(9-10-26-20)22(29-30(23)2)15-5-3-14(12-24)4-6-15/h3-6,9-11,27H,7-8,25H2,1-2H3. The van der Waals surface area contributed by atoms with Gasteiger partial charge in [-0.25, -0.2) is 9.67 Å². The van der Waals surface area contributed by atoms with Crippen molar-refractivity contribution in [3.05, 3.63) is 65.1 Å². The van der Waals surface area contributed by atoms with Gasteiger partial charge in [0.05, 0.1) is 28.6 Å². The molecule has 9 nitrogen and oxygen atoms in total. The molecule has 3 aromatic heterocycles. The molecule has 9 heteroatoms. The minimum Gasteiger partial charge on any atom is -0.385 e. The second-order valence-corrected chi connectivity index (χ2v) is 7.69. The average Bonchev–Trinajstić information content (AvgIpc) is 3.43. The molecule has 0 bridgehead atoms. The normalized spacial score (nSPS) is 12.6. The number of nitrogen functional groups attached to an aromatic ring is 1. The number of rotatable bonds is 2. The van der Waals surface area contributed by atoms with Crippen molar-refractivity contribution in [2.45, 2.75) is 19.8 Å². The minimum absolute atomic E-state index is 0.114. The van der Waals surface area contributed by atoms with Crippen LogP contribution in [0.15, 0.2) is 42.6 Å². The van der Waals surface area contributed by atoms with Crippen LogP contribution in [0, 0.1) is 18.3 Å². The van der Waals surface area contributed by atoms with Gasteiger partial charge in [0.1, 0.15) is 17.2 Å². The first kappa shape index (κ1) is 19.5. The van der Waals surface area contributed by atoms with E-state index < -0.39 is 0 Å². The van der Waals surface area contributed by atoms with E-state index >= 15 is 0 Å². The van der Waals surface area contributed by atoms with E-state index in [0.717, 1.165) is 22.3 Å². The molecular weight excluding hydrogens is 404 g/mol. The van der Waals surface area contributed by atoms with Gasteiger partial charge in [-0.1, -0.05) is 12.1 Å². The van der Waals surface area contributed by atoms with Crippen LogP contribution in [0.25, 0.3) is 28.1 Å². The molecule has 0 atom stereocenters. The van der Waals surface area contributed by atoms with Gasteiger partial charge in [0.25, 0.3) is 0 Å². The van der Waals surface area contributed by atoms with Gasteiger partial charge in [-0.2, -0.15) is 15.5 Å². The molecule has 3 heterocycles. The fraction of sp³-hybridized carbons (Fsp3) is 0.174. The van der Waals surface area contributed by atoms with E-state index in [0.29, 0.717) is 46.9 Å². The van der Waals surface area contributed by atoms with Gasteiger partial charge >= 0.3 is 0 Å². The van der Waals surface area contributed by atoms with Gasteiger partial charge in [0, 0.05) is 36.7 Å². The zero-order valence-corrected chi connectivity index (χ0v) is 17.6. The molecule has 1 aliphatic carbocycles. The third-order valence-electron chi connectivity index (χ3n) is 5.61. The Labute approximate surface area is 183 Å². The highest BCUT2D eigenvalue weighted by molar-refractivity contribution is 6.01. The molecule has 0 spiro atoms. The molecule has 0 saturated heterocycles. The summed E-state index contributed by atoms with van der Waals surface area (Å²) in [4.78, 5) is 20.0. The van der Waals surface area contributed by atoms with Crippen molar-refractivity contribution in [2.75, 3.05) is 5.73 Å². The number of nitrogens with zero attached hydrogens (tertiary/aromatic N) is 6. The molecule has 158 valence electrons. The van der Waals surface area contributed by atoms with Crippen LogP contribution < -0.4 is 5.73 Å². The topological polar surface area (TPSA) is 131 Å². The lowest BCUT2D eigenvalue weighted by atomic mass is 10.1. The maximum Gasteiger partial charge on any atom is 0.166 e. The second-order valence-electron chi connectivity index (χ2n) is 7.69. The van der Waals surface area contributed by atoms with E-state index in [4.69, 9.17) is 11.0 Å². The maximum absolute atomic E-state index is 12.2. The average molecular weight is 424 g/mol. The summed E-state index contributed by atoms with van der Waals surface area (Å²) < 4.78 is 3.41.